The molecule has 5 heteroatoms. The van der Waals surface area contributed by atoms with Crippen molar-refractivity contribution in [2.75, 3.05) is 6.54 Å². The predicted molar refractivity (Wildman–Crippen MR) is 93.9 cm³/mol. The van der Waals surface area contributed by atoms with E-state index in [-0.39, 0.29) is 11.9 Å². The molecule has 1 saturated heterocycles. The van der Waals surface area contributed by atoms with Gasteiger partial charge < -0.3 is 14.7 Å². The van der Waals surface area contributed by atoms with E-state index < -0.39 is 11.9 Å². The number of ether oxygens (including phenoxy) is 1. The van der Waals surface area contributed by atoms with Crippen molar-refractivity contribution in [3.05, 3.63) is 59.7 Å². The molecule has 1 aliphatic heterocycles. The van der Waals surface area contributed by atoms with E-state index in [9.17, 15) is 14.7 Å². The fraction of sp³-hybridized carbons (Fsp3) is 0.300. The largest absolute Gasteiger partial charge is 0.481 e. The Hall–Kier alpha value is -2.82. The van der Waals surface area contributed by atoms with Crippen LogP contribution in [-0.2, 0) is 4.79 Å². The average Bonchev–Trinajstić information content (AvgIpc) is 2.96. The van der Waals surface area contributed by atoms with Crippen LogP contribution in [0.1, 0.15) is 29.3 Å². The third kappa shape index (κ3) is 3.50. The molecule has 2 aromatic rings. The third-order valence-corrected chi connectivity index (χ3v) is 4.67. The molecule has 2 atom stereocenters. The van der Waals surface area contributed by atoms with Crippen LogP contribution in [0.2, 0.25) is 0 Å². The lowest BCUT2D eigenvalue weighted by Gasteiger charge is -2.24. The molecule has 1 fully saturated rings. The second kappa shape index (κ2) is 6.97. The fourth-order valence-electron chi connectivity index (χ4n) is 3.25. The van der Waals surface area contributed by atoms with Crippen LogP contribution < -0.4 is 4.74 Å². The first-order valence-corrected chi connectivity index (χ1v) is 8.34. The van der Waals surface area contributed by atoms with Gasteiger partial charge in [0, 0.05) is 12.6 Å². The molecule has 0 spiro atoms. The second-order valence-corrected chi connectivity index (χ2v) is 6.39. The standard InChI is InChI=1S/C20H21NO4/c1-13-6-5-7-15(12-13)25-18-9-4-3-8-17(18)19(22)21-11-10-16(14(21)2)20(23)24/h3-9,12,14,16H,10-11H2,1-2H3,(H,23,24). The molecule has 0 aromatic heterocycles. The van der Waals surface area contributed by atoms with E-state index in [2.05, 4.69) is 0 Å². The van der Waals surface area contributed by atoms with Gasteiger partial charge in [-0.15, -0.1) is 0 Å². The molecule has 0 bridgehead atoms. The lowest BCUT2D eigenvalue weighted by Crippen LogP contribution is -2.37. The minimum absolute atomic E-state index is 0.195. The molecule has 1 N–H and O–H groups in total. The van der Waals surface area contributed by atoms with E-state index in [1.54, 1.807) is 30.0 Å². The Morgan fingerprint density at radius 1 is 1.16 bits per heavy atom. The van der Waals surface area contributed by atoms with Crippen molar-refractivity contribution in [1.29, 1.82) is 0 Å². The van der Waals surface area contributed by atoms with Crippen LogP contribution in [0.4, 0.5) is 0 Å². The number of aliphatic carboxylic acids is 1. The topological polar surface area (TPSA) is 66.8 Å². The van der Waals surface area contributed by atoms with Crippen LogP contribution in [0.5, 0.6) is 11.5 Å². The summed E-state index contributed by atoms with van der Waals surface area (Å²) in [7, 11) is 0. The Labute approximate surface area is 146 Å². The Bertz CT molecular complexity index is 802. The molecule has 5 nitrogen and oxygen atoms in total. The summed E-state index contributed by atoms with van der Waals surface area (Å²) in [6.45, 7) is 4.20. The van der Waals surface area contributed by atoms with Gasteiger partial charge in [-0.1, -0.05) is 24.3 Å². The van der Waals surface area contributed by atoms with E-state index in [0.717, 1.165) is 5.56 Å². The van der Waals surface area contributed by atoms with Crippen molar-refractivity contribution in [3.63, 3.8) is 0 Å². The lowest BCUT2D eigenvalue weighted by atomic mass is 10.0. The maximum Gasteiger partial charge on any atom is 0.308 e. The number of carbonyl (C=O) groups excluding carboxylic acids is 1. The number of carboxylic acid groups (broad SMARTS) is 1. The molecule has 3 rings (SSSR count). The first-order chi connectivity index (χ1) is 12.0. The van der Waals surface area contributed by atoms with E-state index in [4.69, 9.17) is 4.74 Å². The monoisotopic (exact) mass is 339 g/mol. The quantitative estimate of drug-likeness (QED) is 0.922. The summed E-state index contributed by atoms with van der Waals surface area (Å²) in [6, 6.07) is 14.3. The zero-order valence-corrected chi connectivity index (χ0v) is 14.3. The van der Waals surface area contributed by atoms with Crippen molar-refractivity contribution in [2.45, 2.75) is 26.3 Å². The highest BCUT2D eigenvalue weighted by atomic mass is 16.5. The zero-order valence-electron chi connectivity index (χ0n) is 14.3. The first-order valence-electron chi connectivity index (χ1n) is 8.34. The van der Waals surface area contributed by atoms with Crippen LogP contribution in [0, 0.1) is 12.8 Å². The summed E-state index contributed by atoms with van der Waals surface area (Å²) in [5.41, 5.74) is 1.51. The van der Waals surface area contributed by atoms with Crippen LogP contribution in [0.3, 0.4) is 0 Å². The van der Waals surface area contributed by atoms with Crippen molar-refractivity contribution >= 4 is 11.9 Å². The van der Waals surface area contributed by atoms with Crippen molar-refractivity contribution < 1.29 is 19.4 Å². The Kier molecular flexibility index (Phi) is 4.74. The van der Waals surface area contributed by atoms with E-state index in [1.807, 2.05) is 37.3 Å². The predicted octanol–water partition coefficient (Wildman–Crippen LogP) is 3.72. The highest BCUT2D eigenvalue weighted by Gasteiger charge is 2.39. The number of aryl methyl sites for hydroxylation is 1. The van der Waals surface area contributed by atoms with Crippen molar-refractivity contribution in [2.24, 2.45) is 5.92 Å². The minimum Gasteiger partial charge on any atom is -0.481 e. The summed E-state index contributed by atoms with van der Waals surface area (Å²) < 4.78 is 5.92. The number of likely N-dealkylation sites (tertiary alicyclic amines) is 1. The molecular formula is C20H21NO4. The minimum atomic E-state index is -0.855. The van der Waals surface area contributed by atoms with Gasteiger partial charge in [0.05, 0.1) is 11.5 Å². The van der Waals surface area contributed by atoms with Crippen molar-refractivity contribution in [3.8, 4) is 11.5 Å². The van der Waals surface area contributed by atoms with Crippen LogP contribution >= 0.6 is 0 Å². The highest BCUT2D eigenvalue weighted by molar-refractivity contribution is 5.97. The number of nitrogens with zero attached hydrogens (tertiary/aromatic N) is 1. The molecule has 0 saturated carbocycles. The summed E-state index contributed by atoms with van der Waals surface area (Å²) in [5, 5.41) is 9.27. The molecule has 1 heterocycles. The number of benzene rings is 2. The van der Waals surface area contributed by atoms with Gasteiger partial charge in [0.25, 0.3) is 5.91 Å². The van der Waals surface area contributed by atoms with Gasteiger partial charge in [0.15, 0.2) is 0 Å². The molecule has 2 aromatic carbocycles. The van der Waals surface area contributed by atoms with Gasteiger partial charge in [-0.2, -0.15) is 0 Å². The number of amides is 1. The van der Waals surface area contributed by atoms with Gasteiger partial charge in [0.2, 0.25) is 0 Å². The first kappa shape index (κ1) is 17.0. The maximum absolute atomic E-state index is 13.0. The molecule has 0 aliphatic carbocycles. The highest BCUT2D eigenvalue weighted by Crippen LogP contribution is 2.31. The molecule has 1 aliphatic rings. The SMILES string of the molecule is Cc1cccc(Oc2ccccc2C(=O)N2CCC(C(=O)O)C2C)c1. The number of para-hydroxylation sites is 1. The van der Waals surface area contributed by atoms with E-state index >= 15 is 0 Å². The Morgan fingerprint density at radius 3 is 2.60 bits per heavy atom. The number of carboxylic acids is 1. The average molecular weight is 339 g/mol. The van der Waals surface area contributed by atoms with Crippen LogP contribution in [0.25, 0.3) is 0 Å². The molecule has 0 radical (unpaired) electrons. The van der Waals surface area contributed by atoms with Gasteiger partial charge in [0.1, 0.15) is 11.5 Å². The van der Waals surface area contributed by atoms with Gasteiger partial charge in [-0.25, -0.2) is 0 Å². The third-order valence-electron chi connectivity index (χ3n) is 4.67. The van der Waals surface area contributed by atoms with Crippen LogP contribution in [-0.4, -0.2) is 34.5 Å². The summed E-state index contributed by atoms with van der Waals surface area (Å²) in [4.78, 5) is 25.9. The second-order valence-electron chi connectivity index (χ2n) is 6.39. The zero-order chi connectivity index (χ0) is 18.0. The summed E-state index contributed by atoms with van der Waals surface area (Å²) in [6.07, 6.45) is 0.475. The number of rotatable bonds is 4. The van der Waals surface area contributed by atoms with Gasteiger partial charge >= 0.3 is 5.97 Å². The number of hydrogen-bond acceptors (Lipinski definition) is 3. The lowest BCUT2D eigenvalue weighted by molar-refractivity contribution is -0.142. The molecule has 2 unspecified atom stereocenters. The smallest absolute Gasteiger partial charge is 0.308 e. The Balaban J connectivity index is 1.85. The molecule has 130 valence electrons. The normalized spacial score (nSPS) is 19.7. The molecular weight excluding hydrogens is 318 g/mol. The van der Waals surface area contributed by atoms with Gasteiger partial charge in [-0.3, -0.25) is 9.59 Å². The van der Waals surface area contributed by atoms with Crippen molar-refractivity contribution in [1.82, 2.24) is 4.90 Å². The maximum atomic E-state index is 13.0. The molecule has 1 amide bonds. The van der Waals surface area contributed by atoms with E-state index in [1.165, 1.54) is 0 Å². The molecule has 25 heavy (non-hydrogen) atoms. The Morgan fingerprint density at radius 2 is 1.92 bits per heavy atom. The van der Waals surface area contributed by atoms with Gasteiger partial charge in [-0.05, 0) is 50.1 Å². The number of hydrogen-bond donors (Lipinski definition) is 1. The number of carbonyl (C=O) groups is 2. The summed E-state index contributed by atoms with van der Waals surface area (Å²) >= 11 is 0. The van der Waals surface area contributed by atoms with E-state index in [0.29, 0.717) is 30.0 Å². The van der Waals surface area contributed by atoms with Crippen LogP contribution in [0.15, 0.2) is 48.5 Å². The summed E-state index contributed by atoms with van der Waals surface area (Å²) in [5.74, 6) is -0.428. The fourth-order valence-corrected chi connectivity index (χ4v) is 3.25.